The molecule has 1 heterocycles. The van der Waals surface area contributed by atoms with E-state index in [1.165, 1.54) is 0 Å². The highest BCUT2D eigenvalue weighted by atomic mass is 16.4. The molecule has 0 aromatic heterocycles. The Balaban J connectivity index is 2.08. The molecule has 120 valence electrons. The van der Waals surface area contributed by atoms with E-state index in [4.69, 9.17) is 5.11 Å². The Morgan fingerprint density at radius 3 is 2.32 bits per heavy atom. The molecule has 1 fully saturated rings. The topological polar surface area (TPSA) is 77.8 Å². The first-order valence-corrected chi connectivity index (χ1v) is 7.77. The lowest BCUT2D eigenvalue weighted by Gasteiger charge is -2.37. The van der Waals surface area contributed by atoms with E-state index >= 15 is 0 Å². The van der Waals surface area contributed by atoms with Crippen molar-refractivity contribution in [2.45, 2.75) is 44.1 Å². The minimum absolute atomic E-state index is 0.0282. The van der Waals surface area contributed by atoms with Crippen LogP contribution in [-0.2, 0) is 9.59 Å². The number of carbonyl (C=O) groups is 2. The first kappa shape index (κ1) is 16.5. The molecule has 1 atom stereocenters. The Labute approximate surface area is 130 Å². The first-order valence-electron chi connectivity index (χ1n) is 7.77. The predicted octanol–water partition coefficient (Wildman–Crippen LogP) is 2.01. The monoisotopic (exact) mass is 305 g/mol. The molecule has 1 aliphatic rings. The number of amides is 1. The number of piperidine rings is 1. The molecule has 1 aromatic carbocycles. The van der Waals surface area contributed by atoms with Crippen LogP contribution in [0.1, 0.15) is 44.1 Å². The van der Waals surface area contributed by atoms with Crippen molar-refractivity contribution < 1.29 is 19.8 Å². The molecule has 5 heteroatoms. The van der Waals surface area contributed by atoms with Gasteiger partial charge in [-0.3, -0.25) is 4.79 Å². The van der Waals surface area contributed by atoms with Gasteiger partial charge in [0.1, 0.15) is 0 Å². The summed E-state index contributed by atoms with van der Waals surface area (Å²) in [5.41, 5.74) is -0.697. The molecule has 1 aliphatic heterocycles. The SMILES string of the molecule is CCCC(C(=O)N1CCC(O)(C(=O)O)CC1)c1ccccc1. The highest BCUT2D eigenvalue weighted by Gasteiger charge is 2.41. The number of carboxylic acids is 1. The normalized spacial score (nSPS) is 18.7. The third-order valence-electron chi connectivity index (χ3n) is 4.38. The maximum absolute atomic E-state index is 12.8. The highest BCUT2D eigenvalue weighted by Crippen LogP contribution is 2.28. The lowest BCUT2D eigenvalue weighted by molar-refractivity contribution is -0.165. The molecule has 2 N–H and O–H groups in total. The second kappa shape index (κ2) is 6.92. The number of hydrogen-bond donors (Lipinski definition) is 2. The van der Waals surface area contributed by atoms with Gasteiger partial charge in [0, 0.05) is 25.9 Å². The van der Waals surface area contributed by atoms with Gasteiger partial charge in [0.05, 0.1) is 5.92 Å². The van der Waals surface area contributed by atoms with Crippen LogP contribution in [0.3, 0.4) is 0 Å². The van der Waals surface area contributed by atoms with Crippen molar-refractivity contribution in [3.63, 3.8) is 0 Å². The van der Waals surface area contributed by atoms with Gasteiger partial charge in [-0.1, -0.05) is 43.7 Å². The average Bonchev–Trinajstić information content (AvgIpc) is 2.53. The molecule has 0 radical (unpaired) electrons. The fourth-order valence-electron chi connectivity index (χ4n) is 2.94. The van der Waals surface area contributed by atoms with Crippen LogP contribution >= 0.6 is 0 Å². The van der Waals surface area contributed by atoms with Crippen LogP contribution < -0.4 is 0 Å². The molecule has 0 spiro atoms. The number of nitrogens with zero attached hydrogens (tertiary/aromatic N) is 1. The maximum atomic E-state index is 12.8. The van der Waals surface area contributed by atoms with E-state index in [9.17, 15) is 14.7 Å². The fraction of sp³-hybridized carbons (Fsp3) is 0.529. The Morgan fingerprint density at radius 1 is 1.23 bits per heavy atom. The summed E-state index contributed by atoms with van der Waals surface area (Å²) in [6, 6.07) is 9.67. The van der Waals surface area contributed by atoms with E-state index in [0.717, 1.165) is 18.4 Å². The van der Waals surface area contributed by atoms with Crippen LogP contribution in [0.4, 0.5) is 0 Å². The number of carbonyl (C=O) groups excluding carboxylic acids is 1. The van der Waals surface area contributed by atoms with Crippen molar-refractivity contribution in [1.29, 1.82) is 0 Å². The largest absolute Gasteiger partial charge is 0.479 e. The summed E-state index contributed by atoms with van der Waals surface area (Å²) in [5.74, 6) is -1.37. The minimum Gasteiger partial charge on any atom is -0.479 e. The molecule has 0 saturated carbocycles. The zero-order chi connectivity index (χ0) is 16.2. The Kier molecular flexibility index (Phi) is 5.19. The van der Waals surface area contributed by atoms with Crippen LogP contribution in [0.15, 0.2) is 30.3 Å². The molecule has 22 heavy (non-hydrogen) atoms. The number of benzene rings is 1. The summed E-state index contributed by atoms with van der Waals surface area (Å²) in [4.78, 5) is 25.5. The molecule has 1 saturated heterocycles. The zero-order valence-corrected chi connectivity index (χ0v) is 12.9. The summed E-state index contributed by atoms with van der Waals surface area (Å²) in [6.45, 7) is 2.62. The van der Waals surface area contributed by atoms with Crippen molar-refractivity contribution in [2.24, 2.45) is 0 Å². The molecule has 1 amide bonds. The lowest BCUT2D eigenvalue weighted by Crippen LogP contribution is -2.51. The van der Waals surface area contributed by atoms with Crippen molar-refractivity contribution in [2.75, 3.05) is 13.1 Å². The van der Waals surface area contributed by atoms with Crippen molar-refractivity contribution in [3.05, 3.63) is 35.9 Å². The van der Waals surface area contributed by atoms with Crippen LogP contribution in [0.2, 0.25) is 0 Å². The van der Waals surface area contributed by atoms with Gasteiger partial charge in [-0.25, -0.2) is 4.79 Å². The van der Waals surface area contributed by atoms with E-state index in [1.807, 2.05) is 37.3 Å². The van der Waals surface area contributed by atoms with Gasteiger partial charge in [0.2, 0.25) is 5.91 Å². The van der Waals surface area contributed by atoms with Crippen molar-refractivity contribution >= 4 is 11.9 Å². The summed E-state index contributed by atoms with van der Waals surface area (Å²) in [7, 11) is 0. The summed E-state index contributed by atoms with van der Waals surface area (Å²) in [5, 5.41) is 19.0. The molecule has 1 unspecified atom stereocenters. The second-order valence-corrected chi connectivity index (χ2v) is 5.91. The Hall–Kier alpha value is -1.88. The maximum Gasteiger partial charge on any atom is 0.335 e. The summed E-state index contributed by atoms with van der Waals surface area (Å²) < 4.78 is 0. The fourth-order valence-corrected chi connectivity index (χ4v) is 2.94. The molecule has 0 aliphatic carbocycles. The standard InChI is InChI=1S/C17H23NO4/c1-2-6-14(13-7-4-3-5-8-13)15(19)18-11-9-17(22,10-12-18)16(20)21/h3-5,7-8,14,22H,2,6,9-12H2,1H3,(H,20,21). The predicted molar refractivity (Wildman–Crippen MR) is 82.5 cm³/mol. The molecular formula is C17H23NO4. The molecule has 1 aromatic rings. The molecule has 2 rings (SSSR count). The lowest BCUT2D eigenvalue weighted by atomic mass is 9.88. The number of aliphatic carboxylic acids is 1. The molecular weight excluding hydrogens is 282 g/mol. The number of carboxylic acid groups (broad SMARTS) is 1. The van der Waals surface area contributed by atoms with Crippen LogP contribution in [0, 0.1) is 0 Å². The van der Waals surface area contributed by atoms with Gasteiger partial charge in [-0.2, -0.15) is 0 Å². The van der Waals surface area contributed by atoms with Crippen LogP contribution in [0.25, 0.3) is 0 Å². The number of hydrogen-bond acceptors (Lipinski definition) is 3. The summed E-state index contributed by atoms with van der Waals surface area (Å²) in [6.07, 6.45) is 1.84. The zero-order valence-electron chi connectivity index (χ0n) is 12.9. The number of rotatable bonds is 5. The van der Waals surface area contributed by atoms with E-state index in [1.54, 1.807) is 4.90 Å². The number of likely N-dealkylation sites (tertiary alicyclic amines) is 1. The number of aliphatic hydroxyl groups is 1. The van der Waals surface area contributed by atoms with Crippen molar-refractivity contribution in [1.82, 2.24) is 4.90 Å². The van der Waals surface area contributed by atoms with E-state index in [-0.39, 0.29) is 37.8 Å². The van der Waals surface area contributed by atoms with E-state index in [0.29, 0.717) is 0 Å². The molecule has 0 bridgehead atoms. The first-order chi connectivity index (χ1) is 10.5. The highest BCUT2D eigenvalue weighted by molar-refractivity contribution is 5.84. The van der Waals surface area contributed by atoms with Gasteiger partial charge in [-0.15, -0.1) is 0 Å². The molecule has 5 nitrogen and oxygen atoms in total. The van der Waals surface area contributed by atoms with Gasteiger partial charge in [0.15, 0.2) is 5.60 Å². The quantitative estimate of drug-likeness (QED) is 0.872. The van der Waals surface area contributed by atoms with E-state index in [2.05, 4.69) is 0 Å². The smallest absolute Gasteiger partial charge is 0.335 e. The van der Waals surface area contributed by atoms with E-state index < -0.39 is 11.6 Å². The van der Waals surface area contributed by atoms with Crippen LogP contribution in [-0.4, -0.2) is 45.7 Å². The van der Waals surface area contributed by atoms with Gasteiger partial charge >= 0.3 is 5.97 Å². The third-order valence-corrected chi connectivity index (χ3v) is 4.38. The Morgan fingerprint density at radius 2 is 1.82 bits per heavy atom. The summed E-state index contributed by atoms with van der Waals surface area (Å²) >= 11 is 0. The van der Waals surface area contributed by atoms with Gasteiger partial charge in [0.25, 0.3) is 0 Å². The van der Waals surface area contributed by atoms with Gasteiger partial charge in [-0.05, 0) is 12.0 Å². The Bertz CT molecular complexity index is 521. The second-order valence-electron chi connectivity index (χ2n) is 5.91. The van der Waals surface area contributed by atoms with Crippen LogP contribution in [0.5, 0.6) is 0 Å². The van der Waals surface area contributed by atoms with Gasteiger partial charge < -0.3 is 15.1 Å². The third kappa shape index (κ3) is 3.47. The minimum atomic E-state index is -1.69. The average molecular weight is 305 g/mol. The van der Waals surface area contributed by atoms with Crippen molar-refractivity contribution in [3.8, 4) is 0 Å².